The molecule has 0 fully saturated rings. The van der Waals surface area contributed by atoms with E-state index >= 15 is 0 Å². The Balaban J connectivity index is 3.79. The average Bonchev–Trinajstić information content (AvgIpc) is 1.88. The van der Waals surface area contributed by atoms with Crippen molar-refractivity contribution in [1.82, 2.24) is 0 Å². The van der Waals surface area contributed by atoms with Crippen LogP contribution in [0.2, 0.25) is 0 Å². The molecular formula is C7H16O3Sn. The van der Waals surface area contributed by atoms with Crippen molar-refractivity contribution in [1.29, 1.82) is 0 Å². The summed E-state index contributed by atoms with van der Waals surface area (Å²) in [6, 6.07) is 0. The molecular weight excluding hydrogens is 251 g/mol. The van der Waals surface area contributed by atoms with Crippen LogP contribution in [0.25, 0.3) is 0 Å². The van der Waals surface area contributed by atoms with Gasteiger partial charge in [0.25, 0.3) is 0 Å². The minimum absolute atomic E-state index is 0.626. The summed E-state index contributed by atoms with van der Waals surface area (Å²) >= 11 is 0.798. The van der Waals surface area contributed by atoms with Gasteiger partial charge in [-0.15, -0.1) is 0 Å². The molecule has 0 aliphatic carbocycles. The molecule has 0 aromatic rings. The van der Waals surface area contributed by atoms with E-state index in [0.29, 0.717) is 19.8 Å². The van der Waals surface area contributed by atoms with Gasteiger partial charge in [0, 0.05) is 0 Å². The molecule has 0 unspecified atom stereocenters. The van der Waals surface area contributed by atoms with E-state index in [-0.39, 0.29) is 0 Å². The van der Waals surface area contributed by atoms with Crippen LogP contribution in [0.5, 0.6) is 0 Å². The molecule has 11 heavy (non-hydrogen) atoms. The van der Waals surface area contributed by atoms with Gasteiger partial charge in [0.2, 0.25) is 0 Å². The first-order chi connectivity index (χ1) is 5.18. The zero-order valence-electron chi connectivity index (χ0n) is 7.42. The Morgan fingerprint density at radius 1 is 0.909 bits per heavy atom. The number of hydrogen-bond acceptors (Lipinski definition) is 3. The van der Waals surface area contributed by atoms with Gasteiger partial charge in [0.05, 0.1) is 0 Å². The summed E-state index contributed by atoms with van der Waals surface area (Å²) in [6.07, 6.45) is 0. The van der Waals surface area contributed by atoms with Crippen LogP contribution >= 0.6 is 0 Å². The van der Waals surface area contributed by atoms with E-state index in [1.807, 2.05) is 20.8 Å². The van der Waals surface area contributed by atoms with Crippen molar-refractivity contribution in [3.8, 4) is 0 Å². The van der Waals surface area contributed by atoms with E-state index < -0.39 is 3.99 Å². The molecule has 0 atom stereocenters. The number of ether oxygens (including phenoxy) is 3. The molecule has 2 radical (unpaired) electrons. The Labute approximate surface area is 81.5 Å². The molecule has 0 heterocycles. The van der Waals surface area contributed by atoms with Gasteiger partial charge in [-0.05, 0) is 0 Å². The Bertz CT molecular complexity index is 80.7. The SMILES string of the molecule is CCO[C]([SnH])(OCC)OCC. The summed E-state index contributed by atoms with van der Waals surface area (Å²) in [6.45, 7) is 7.68. The fourth-order valence-corrected chi connectivity index (χ4v) is 2.16. The van der Waals surface area contributed by atoms with Crippen LogP contribution in [0.3, 0.4) is 0 Å². The summed E-state index contributed by atoms with van der Waals surface area (Å²) < 4.78 is 15.3. The van der Waals surface area contributed by atoms with E-state index in [1.54, 1.807) is 0 Å². The average molecular weight is 267 g/mol. The molecule has 0 N–H and O–H groups in total. The number of rotatable bonds is 6. The molecule has 66 valence electrons. The molecule has 4 heteroatoms. The van der Waals surface area contributed by atoms with Gasteiger partial charge in [0.1, 0.15) is 0 Å². The van der Waals surface area contributed by atoms with E-state index in [4.69, 9.17) is 14.2 Å². The molecule has 0 bridgehead atoms. The first kappa shape index (κ1) is 11.7. The Kier molecular flexibility index (Phi) is 6.61. The quantitative estimate of drug-likeness (QED) is 0.521. The molecule has 0 saturated heterocycles. The molecule has 0 saturated carbocycles. The Morgan fingerprint density at radius 3 is 1.36 bits per heavy atom. The molecule has 0 amide bonds. The van der Waals surface area contributed by atoms with Crippen molar-refractivity contribution in [2.24, 2.45) is 0 Å². The van der Waals surface area contributed by atoms with E-state index in [0.717, 1.165) is 22.5 Å². The van der Waals surface area contributed by atoms with Crippen LogP contribution in [0.1, 0.15) is 20.8 Å². The van der Waals surface area contributed by atoms with E-state index in [2.05, 4.69) is 0 Å². The molecule has 0 aromatic carbocycles. The molecule has 0 rings (SSSR count). The monoisotopic (exact) mass is 268 g/mol. The van der Waals surface area contributed by atoms with Crippen LogP contribution < -0.4 is 0 Å². The Hall–Kier alpha value is 0.679. The van der Waals surface area contributed by atoms with Gasteiger partial charge in [-0.2, -0.15) is 0 Å². The second kappa shape index (κ2) is 6.22. The van der Waals surface area contributed by atoms with Crippen molar-refractivity contribution >= 4 is 22.5 Å². The van der Waals surface area contributed by atoms with Crippen molar-refractivity contribution in [3.63, 3.8) is 0 Å². The zero-order valence-corrected chi connectivity index (χ0v) is 10.7. The molecule has 0 aliphatic rings. The van der Waals surface area contributed by atoms with Crippen LogP contribution in [-0.4, -0.2) is 46.3 Å². The van der Waals surface area contributed by atoms with Crippen molar-refractivity contribution in [2.75, 3.05) is 19.8 Å². The summed E-state index contributed by atoms with van der Waals surface area (Å²) in [5, 5.41) is 0. The van der Waals surface area contributed by atoms with Crippen LogP contribution in [-0.2, 0) is 14.2 Å². The maximum absolute atomic E-state index is 5.32. The Morgan fingerprint density at radius 2 is 1.18 bits per heavy atom. The van der Waals surface area contributed by atoms with E-state index in [1.165, 1.54) is 0 Å². The van der Waals surface area contributed by atoms with Gasteiger partial charge < -0.3 is 0 Å². The molecule has 0 aliphatic heterocycles. The van der Waals surface area contributed by atoms with Gasteiger partial charge >= 0.3 is 81.3 Å². The third-order valence-electron chi connectivity index (χ3n) is 1.04. The fraction of sp³-hybridized carbons (Fsp3) is 1.00. The van der Waals surface area contributed by atoms with Gasteiger partial charge in [-0.1, -0.05) is 0 Å². The maximum atomic E-state index is 5.32. The van der Waals surface area contributed by atoms with Gasteiger partial charge in [-0.25, -0.2) is 0 Å². The molecule has 3 nitrogen and oxygen atoms in total. The standard InChI is InChI=1S/C7H15O3.Sn.H/c1-4-8-7(9-5-2)10-6-3;;/h4-6H2,1-3H3;;. The normalized spacial score (nSPS) is 12.0. The summed E-state index contributed by atoms with van der Waals surface area (Å²) in [5.74, 6) is 0. The third kappa shape index (κ3) is 5.00. The second-order valence-corrected chi connectivity index (χ2v) is 3.92. The van der Waals surface area contributed by atoms with Gasteiger partial charge in [0.15, 0.2) is 0 Å². The molecule has 0 spiro atoms. The fourth-order valence-electron chi connectivity index (χ4n) is 0.729. The number of hydrogen-bond donors (Lipinski definition) is 0. The third-order valence-corrected chi connectivity index (χ3v) is 2.46. The molecule has 0 aromatic heterocycles. The first-order valence-electron chi connectivity index (χ1n) is 3.89. The predicted molar refractivity (Wildman–Crippen MR) is 44.8 cm³/mol. The van der Waals surface area contributed by atoms with Crippen molar-refractivity contribution in [3.05, 3.63) is 0 Å². The first-order valence-corrected chi connectivity index (χ1v) is 5.54. The van der Waals surface area contributed by atoms with Crippen molar-refractivity contribution in [2.45, 2.75) is 24.8 Å². The zero-order chi connectivity index (χ0) is 8.74. The summed E-state index contributed by atoms with van der Waals surface area (Å²) in [4.78, 5) is 0. The van der Waals surface area contributed by atoms with Crippen LogP contribution in [0, 0.1) is 0 Å². The minimum atomic E-state index is -0.719. The summed E-state index contributed by atoms with van der Waals surface area (Å²) in [5.41, 5.74) is 0. The van der Waals surface area contributed by atoms with E-state index in [9.17, 15) is 0 Å². The predicted octanol–water partition coefficient (Wildman–Crippen LogP) is 0.608. The van der Waals surface area contributed by atoms with Crippen LogP contribution in [0.4, 0.5) is 0 Å². The summed E-state index contributed by atoms with van der Waals surface area (Å²) in [7, 11) is 0. The van der Waals surface area contributed by atoms with Crippen LogP contribution in [0.15, 0.2) is 0 Å². The second-order valence-electron chi connectivity index (χ2n) is 1.90. The van der Waals surface area contributed by atoms with Gasteiger partial charge in [-0.3, -0.25) is 0 Å². The topological polar surface area (TPSA) is 27.7 Å². The van der Waals surface area contributed by atoms with Crippen molar-refractivity contribution < 1.29 is 14.2 Å².